The van der Waals surface area contributed by atoms with Gasteiger partial charge in [-0.15, -0.1) is 0 Å². The van der Waals surface area contributed by atoms with Crippen LogP contribution in [0.5, 0.6) is 0 Å². The van der Waals surface area contributed by atoms with E-state index in [2.05, 4.69) is 41.5 Å². The Morgan fingerprint density at radius 1 is 1.17 bits per heavy atom. The van der Waals surface area contributed by atoms with E-state index in [9.17, 15) is 5.11 Å². The van der Waals surface area contributed by atoms with Crippen molar-refractivity contribution in [3.8, 4) is 0 Å². The van der Waals surface area contributed by atoms with Gasteiger partial charge in [0.1, 0.15) is 0 Å². The van der Waals surface area contributed by atoms with Gasteiger partial charge in [0.05, 0.1) is 5.60 Å². The monoisotopic (exact) mass is 172 g/mol. The highest BCUT2D eigenvalue weighted by molar-refractivity contribution is 4.92. The largest absolute Gasteiger partial charge is 0.389 e. The number of rotatable bonds is 3. The van der Waals surface area contributed by atoms with Gasteiger partial charge in [-0.1, -0.05) is 48.0 Å². The molecule has 1 atom stereocenters. The van der Waals surface area contributed by atoms with Gasteiger partial charge in [-0.2, -0.15) is 0 Å². The van der Waals surface area contributed by atoms with E-state index in [1.165, 1.54) is 0 Å². The summed E-state index contributed by atoms with van der Waals surface area (Å²) in [5.41, 5.74) is -0.529. The van der Waals surface area contributed by atoms with E-state index in [0.717, 1.165) is 12.8 Å². The molecule has 0 rings (SSSR count). The summed E-state index contributed by atoms with van der Waals surface area (Å²) in [5.74, 6) is 0.331. The first kappa shape index (κ1) is 12.0. The van der Waals surface area contributed by atoms with Gasteiger partial charge in [-0.25, -0.2) is 0 Å². The van der Waals surface area contributed by atoms with Crippen molar-refractivity contribution >= 4 is 0 Å². The minimum Gasteiger partial charge on any atom is -0.389 e. The molecule has 1 N–H and O–H groups in total. The highest BCUT2D eigenvalue weighted by atomic mass is 16.3. The van der Waals surface area contributed by atoms with Crippen molar-refractivity contribution in [1.82, 2.24) is 0 Å². The van der Waals surface area contributed by atoms with Crippen molar-refractivity contribution in [1.29, 1.82) is 0 Å². The van der Waals surface area contributed by atoms with Crippen molar-refractivity contribution in [2.45, 2.75) is 60.0 Å². The van der Waals surface area contributed by atoms with Gasteiger partial charge in [0.15, 0.2) is 0 Å². The molecule has 0 aliphatic rings. The third-order valence-corrected chi connectivity index (χ3v) is 2.89. The van der Waals surface area contributed by atoms with Crippen molar-refractivity contribution in [2.24, 2.45) is 11.3 Å². The molecule has 0 saturated heterocycles. The Morgan fingerprint density at radius 3 is 1.67 bits per heavy atom. The van der Waals surface area contributed by atoms with E-state index in [1.807, 2.05) is 0 Å². The molecule has 0 aromatic rings. The molecule has 0 aliphatic carbocycles. The number of hydrogen-bond acceptors (Lipinski definition) is 1. The number of hydrogen-bond donors (Lipinski definition) is 1. The first-order valence-electron chi connectivity index (χ1n) is 4.98. The Labute approximate surface area is 77.2 Å². The van der Waals surface area contributed by atoms with Crippen LogP contribution in [-0.4, -0.2) is 10.7 Å². The van der Waals surface area contributed by atoms with Gasteiger partial charge in [0.2, 0.25) is 0 Å². The predicted octanol–water partition coefficient (Wildman–Crippen LogP) is 3.22. The Morgan fingerprint density at radius 2 is 1.58 bits per heavy atom. The summed E-state index contributed by atoms with van der Waals surface area (Å²) in [7, 11) is 0. The molecule has 0 aromatic carbocycles. The van der Waals surface area contributed by atoms with E-state index in [-0.39, 0.29) is 5.41 Å². The first-order valence-corrected chi connectivity index (χ1v) is 4.98. The third-order valence-electron chi connectivity index (χ3n) is 2.89. The van der Waals surface area contributed by atoms with Crippen LogP contribution in [0.2, 0.25) is 0 Å². The minimum atomic E-state index is -0.512. The average molecular weight is 172 g/mol. The molecule has 0 saturated carbocycles. The summed E-state index contributed by atoms with van der Waals surface area (Å²) < 4.78 is 0. The van der Waals surface area contributed by atoms with Crippen LogP contribution < -0.4 is 0 Å². The summed E-state index contributed by atoms with van der Waals surface area (Å²) in [6.07, 6.45) is 1.94. The molecule has 1 nitrogen and oxygen atoms in total. The molecule has 0 aliphatic heterocycles. The van der Waals surface area contributed by atoms with Crippen molar-refractivity contribution in [3.63, 3.8) is 0 Å². The Hall–Kier alpha value is -0.0400. The maximum Gasteiger partial charge on any atom is 0.0718 e. The van der Waals surface area contributed by atoms with Crippen molar-refractivity contribution in [2.75, 3.05) is 0 Å². The number of aliphatic hydroxyl groups is 1. The van der Waals surface area contributed by atoms with Crippen LogP contribution in [0.1, 0.15) is 54.4 Å². The topological polar surface area (TPSA) is 20.2 Å². The van der Waals surface area contributed by atoms with Crippen LogP contribution in [0.3, 0.4) is 0 Å². The van der Waals surface area contributed by atoms with Crippen LogP contribution in [-0.2, 0) is 0 Å². The Balaban J connectivity index is 4.62. The fourth-order valence-electron chi connectivity index (χ4n) is 1.91. The second kappa shape index (κ2) is 3.78. The molecule has 0 unspecified atom stereocenters. The van der Waals surface area contributed by atoms with E-state index in [0.29, 0.717) is 5.92 Å². The Kier molecular flexibility index (Phi) is 3.77. The van der Waals surface area contributed by atoms with Crippen LogP contribution in [0.15, 0.2) is 0 Å². The zero-order valence-electron chi connectivity index (χ0n) is 9.44. The lowest BCUT2D eigenvalue weighted by Gasteiger charge is -2.43. The predicted molar refractivity (Wildman–Crippen MR) is 54.2 cm³/mol. The molecule has 12 heavy (non-hydrogen) atoms. The molecular weight excluding hydrogens is 148 g/mol. The van der Waals surface area contributed by atoms with Gasteiger partial charge >= 0.3 is 0 Å². The lowest BCUT2D eigenvalue weighted by atomic mass is 9.68. The fourth-order valence-corrected chi connectivity index (χ4v) is 1.91. The maximum atomic E-state index is 10.4. The molecule has 0 amide bonds. The Bertz CT molecular complexity index is 132. The lowest BCUT2D eigenvalue weighted by molar-refractivity contribution is -0.101. The zero-order valence-corrected chi connectivity index (χ0v) is 9.44. The first-order chi connectivity index (χ1) is 5.25. The van der Waals surface area contributed by atoms with Crippen LogP contribution >= 0.6 is 0 Å². The summed E-state index contributed by atoms with van der Waals surface area (Å²) in [6.45, 7) is 12.7. The third kappa shape index (κ3) is 2.22. The van der Waals surface area contributed by atoms with Crippen LogP contribution in [0.25, 0.3) is 0 Å². The quantitative estimate of drug-likeness (QED) is 0.693. The molecule has 0 fully saturated rings. The fraction of sp³-hybridized carbons (Fsp3) is 1.00. The van der Waals surface area contributed by atoms with Crippen LogP contribution in [0, 0.1) is 11.3 Å². The lowest BCUT2D eigenvalue weighted by Crippen LogP contribution is -2.47. The van der Waals surface area contributed by atoms with Crippen molar-refractivity contribution in [3.05, 3.63) is 0 Å². The molecule has 0 radical (unpaired) electrons. The van der Waals surface area contributed by atoms with Gasteiger partial charge in [-0.3, -0.25) is 0 Å². The average Bonchev–Trinajstić information content (AvgIpc) is 1.85. The standard InChI is InChI=1S/C11H24O/c1-7-8-11(12,9(2)3)10(4,5)6/h9,12H,7-8H2,1-6H3/t11-/m0/s1. The van der Waals surface area contributed by atoms with E-state index >= 15 is 0 Å². The van der Waals surface area contributed by atoms with E-state index in [4.69, 9.17) is 0 Å². The van der Waals surface area contributed by atoms with Crippen molar-refractivity contribution < 1.29 is 5.11 Å². The molecule has 0 spiro atoms. The molecule has 0 aromatic heterocycles. The van der Waals surface area contributed by atoms with Crippen LogP contribution in [0.4, 0.5) is 0 Å². The SMILES string of the molecule is CCC[C@](O)(C(C)C)C(C)(C)C. The summed E-state index contributed by atoms with van der Waals surface area (Å²) >= 11 is 0. The second-order valence-corrected chi connectivity index (χ2v) is 5.08. The van der Waals surface area contributed by atoms with Gasteiger partial charge < -0.3 is 5.11 Å². The molecule has 0 heterocycles. The molecular formula is C11H24O. The molecule has 74 valence electrons. The smallest absolute Gasteiger partial charge is 0.0718 e. The highest BCUT2D eigenvalue weighted by Gasteiger charge is 2.41. The molecule has 1 heteroatoms. The van der Waals surface area contributed by atoms with E-state index in [1.54, 1.807) is 0 Å². The minimum absolute atomic E-state index is 0.0167. The highest BCUT2D eigenvalue weighted by Crippen LogP contribution is 2.39. The summed E-state index contributed by atoms with van der Waals surface area (Å²) in [5, 5.41) is 10.4. The van der Waals surface area contributed by atoms with Gasteiger partial charge in [-0.05, 0) is 17.8 Å². The molecule has 0 bridgehead atoms. The van der Waals surface area contributed by atoms with E-state index < -0.39 is 5.60 Å². The second-order valence-electron chi connectivity index (χ2n) is 5.08. The summed E-state index contributed by atoms with van der Waals surface area (Å²) in [6, 6.07) is 0. The van der Waals surface area contributed by atoms with Gasteiger partial charge in [0, 0.05) is 0 Å². The summed E-state index contributed by atoms with van der Waals surface area (Å²) in [4.78, 5) is 0. The zero-order chi connectivity index (χ0) is 9.99. The van der Waals surface area contributed by atoms with Gasteiger partial charge in [0.25, 0.3) is 0 Å². The maximum absolute atomic E-state index is 10.4. The normalized spacial score (nSPS) is 18.0.